The zero-order chi connectivity index (χ0) is 25.4. The number of carbonyl (C=O) groups is 1. The topological polar surface area (TPSA) is 73.0 Å². The van der Waals surface area contributed by atoms with Crippen LogP contribution in [0.2, 0.25) is 0 Å². The minimum atomic E-state index is -0.277. The van der Waals surface area contributed by atoms with Gasteiger partial charge in [-0.3, -0.25) is 14.2 Å². The number of rotatable bonds is 6. The van der Waals surface area contributed by atoms with Crippen LogP contribution in [0.25, 0.3) is 16.7 Å². The van der Waals surface area contributed by atoms with Crippen LogP contribution in [-0.2, 0) is 11.3 Å². The second kappa shape index (κ2) is 9.71. The molecule has 37 heavy (non-hydrogen) atoms. The van der Waals surface area contributed by atoms with Gasteiger partial charge in [0.2, 0.25) is 5.91 Å². The molecular formula is C29H25N5O2S. The van der Waals surface area contributed by atoms with Gasteiger partial charge in [0, 0.05) is 17.9 Å². The minimum absolute atomic E-state index is 0.0315. The van der Waals surface area contributed by atoms with Crippen molar-refractivity contribution in [1.29, 1.82) is 0 Å². The lowest BCUT2D eigenvalue weighted by Gasteiger charge is -2.25. The second-order valence-corrected chi connectivity index (χ2v) is 10.2. The number of benzene rings is 3. The molecule has 0 saturated heterocycles. The van der Waals surface area contributed by atoms with E-state index in [1.54, 1.807) is 20.3 Å². The summed E-state index contributed by atoms with van der Waals surface area (Å²) in [6, 6.07) is 27.3. The number of anilines is 1. The summed E-state index contributed by atoms with van der Waals surface area (Å²) in [5, 5.41) is 5.54. The predicted octanol–water partition coefficient (Wildman–Crippen LogP) is 5.16. The molecule has 0 bridgehead atoms. The van der Waals surface area contributed by atoms with Crippen LogP contribution in [0.15, 0.2) is 101 Å². The number of amides is 1. The van der Waals surface area contributed by atoms with E-state index < -0.39 is 0 Å². The van der Waals surface area contributed by atoms with Gasteiger partial charge in [-0.05, 0) is 42.3 Å². The summed E-state index contributed by atoms with van der Waals surface area (Å²) in [5.74, 6) is 0.586. The Kier molecular flexibility index (Phi) is 6.10. The highest BCUT2D eigenvalue weighted by atomic mass is 32.2. The molecule has 8 heteroatoms. The summed E-state index contributed by atoms with van der Waals surface area (Å²) >= 11 is 1.51. The summed E-state index contributed by atoms with van der Waals surface area (Å²) in [6.07, 6.45) is 1.79. The van der Waals surface area contributed by atoms with Gasteiger partial charge in [-0.1, -0.05) is 72.4 Å². The molecule has 5 aromatic rings. The zero-order valence-corrected chi connectivity index (χ0v) is 21.1. The van der Waals surface area contributed by atoms with E-state index in [0.717, 1.165) is 22.5 Å². The van der Waals surface area contributed by atoms with E-state index >= 15 is 0 Å². The highest BCUT2D eigenvalue weighted by molar-refractivity contribution is 7.99. The fourth-order valence-corrected chi connectivity index (χ4v) is 5.87. The van der Waals surface area contributed by atoms with Gasteiger partial charge in [-0.25, -0.2) is 9.67 Å². The Morgan fingerprint density at radius 2 is 1.78 bits per heavy atom. The van der Waals surface area contributed by atoms with E-state index in [0.29, 0.717) is 28.5 Å². The van der Waals surface area contributed by atoms with E-state index in [1.807, 2.05) is 91.9 Å². The molecule has 0 fully saturated rings. The average Bonchev–Trinajstić information content (AvgIpc) is 3.53. The Hall–Kier alpha value is -4.17. The summed E-state index contributed by atoms with van der Waals surface area (Å²) < 4.78 is 3.39. The quantitative estimate of drug-likeness (QED) is 0.297. The number of aryl methyl sites for hydroxylation is 1. The number of aromatic nitrogens is 4. The highest BCUT2D eigenvalue weighted by Crippen LogP contribution is 2.34. The highest BCUT2D eigenvalue weighted by Gasteiger charge is 2.31. The van der Waals surface area contributed by atoms with Gasteiger partial charge in [0.1, 0.15) is 5.39 Å². The first-order chi connectivity index (χ1) is 18.1. The van der Waals surface area contributed by atoms with Crippen molar-refractivity contribution in [3.63, 3.8) is 0 Å². The number of carbonyl (C=O) groups excluding carboxylic acids is 1. The van der Waals surface area contributed by atoms with Crippen LogP contribution in [0.1, 0.15) is 23.6 Å². The normalized spacial score (nSPS) is 14.6. The van der Waals surface area contributed by atoms with Gasteiger partial charge >= 0.3 is 0 Å². The van der Waals surface area contributed by atoms with E-state index in [1.165, 1.54) is 11.8 Å². The molecule has 7 nitrogen and oxygen atoms in total. The van der Waals surface area contributed by atoms with E-state index in [4.69, 9.17) is 4.98 Å². The number of thioether (sulfide) groups is 1. The Morgan fingerprint density at radius 3 is 2.54 bits per heavy atom. The summed E-state index contributed by atoms with van der Waals surface area (Å²) in [4.78, 5) is 33.9. The molecule has 6 rings (SSSR count). The third-order valence-corrected chi connectivity index (χ3v) is 7.68. The molecule has 3 heterocycles. The van der Waals surface area contributed by atoms with Crippen molar-refractivity contribution in [1.82, 2.24) is 19.3 Å². The molecule has 1 unspecified atom stereocenters. The van der Waals surface area contributed by atoms with Crippen molar-refractivity contribution in [2.24, 2.45) is 0 Å². The van der Waals surface area contributed by atoms with Crippen LogP contribution >= 0.6 is 11.8 Å². The van der Waals surface area contributed by atoms with E-state index in [-0.39, 0.29) is 23.9 Å². The SMILES string of the molecule is Cc1cccc(-n2ncc3c(=O)n4c(nc32)SCC4CC(=O)N(Cc2ccccc2)c2ccccc2)c1. The molecule has 0 aliphatic carbocycles. The van der Waals surface area contributed by atoms with Crippen LogP contribution < -0.4 is 10.5 Å². The van der Waals surface area contributed by atoms with Gasteiger partial charge in [0.05, 0.1) is 24.5 Å². The Morgan fingerprint density at radius 1 is 1.03 bits per heavy atom. The van der Waals surface area contributed by atoms with Crippen LogP contribution in [-0.4, -0.2) is 31.0 Å². The van der Waals surface area contributed by atoms with Gasteiger partial charge in [-0.15, -0.1) is 0 Å². The fourth-order valence-electron chi connectivity index (χ4n) is 4.74. The summed E-state index contributed by atoms with van der Waals surface area (Å²) in [7, 11) is 0. The van der Waals surface area contributed by atoms with Crippen molar-refractivity contribution < 1.29 is 4.79 Å². The predicted molar refractivity (Wildman–Crippen MR) is 146 cm³/mol. The molecule has 0 saturated carbocycles. The van der Waals surface area contributed by atoms with Crippen molar-refractivity contribution in [3.05, 3.63) is 113 Å². The van der Waals surface area contributed by atoms with Crippen LogP contribution in [0.5, 0.6) is 0 Å². The lowest BCUT2D eigenvalue weighted by atomic mass is 10.1. The molecule has 2 aromatic heterocycles. The largest absolute Gasteiger partial charge is 0.308 e. The minimum Gasteiger partial charge on any atom is -0.308 e. The smallest absolute Gasteiger partial charge is 0.265 e. The Bertz CT molecular complexity index is 1650. The van der Waals surface area contributed by atoms with Gasteiger partial charge in [0.25, 0.3) is 5.56 Å². The van der Waals surface area contributed by atoms with Gasteiger partial charge in [0.15, 0.2) is 10.8 Å². The van der Waals surface area contributed by atoms with Crippen molar-refractivity contribution in [2.75, 3.05) is 10.7 Å². The molecule has 1 aliphatic heterocycles. The summed E-state index contributed by atoms with van der Waals surface area (Å²) in [5.41, 5.74) is 4.23. The molecule has 0 spiro atoms. The first-order valence-corrected chi connectivity index (χ1v) is 13.2. The number of hydrogen-bond donors (Lipinski definition) is 0. The van der Waals surface area contributed by atoms with E-state index in [2.05, 4.69) is 5.10 Å². The third kappa shape index (κ3) is 4.44. The van der Waals surface area contributed by atoms with Crippen molar-refractivity contribution >= 4 is 34.4 Å². The molecule has 0 radical (unpaired) electrons. The average molecular weight is 508 g/mol. The van der Waals surface area contributed by atoms with Crippen LogP contribution in [0, 0.1) is 6.92 Å². The maximum atomic E-state index is 13.7. The number of hydrogen-bond acceptors (Lipinski definition) is 5. The number of fused-ring (bicyclic) bond motifs is 2. The molecule has 1 amide bonds. The lowest BCUT2D eigenvalue weighted by Crippen LogP contribution is -2.34. The first-order valence-electron chi connectivity index (χ1n) is 12.2. The molecule has 184 valence electrons. The van der Waals surface area contributed by atoms with Gasteiger partial charge in [-0.2, -0.15) is 5.10 Å². The molecule has 3 aromatic carbocycles. The van der Waals surface area contributed by atoms with Crippen LogP contribution in [0.4, 0.5) is 5.69 Å². The lowest BCUT2D eigenvalue weighted by molar-refractivity contribution is -0.119. The van der Waals surface area contributed by atoms with E-state index in [9.17, 15) is 9.59 Å². The monoisotopic (exact) mass is 507 g/mol. The molecule has 0 N–H and O–H groups in total. The second-order valence-electron chi connectivity index (χ2n) is 9.17. The van der Waals surface area contributed by atoms with Gasteiger partial charge < -0.3 is 4.90 Å². The molecular weight excluding hydrogens is 482 g/mol. The first kappa shape index (κ1) is 23.2. The number of nitrogens with zero attached hydrogens (tertiary/aromatic N) is 5. The van der Waals surface area contributed by atoms with Crippen LogP contribution in [0.3, 0.4) is 0 Å². The zero-order valence-electron chi connectivity index (χ0n) is 20.3. The Balaban J connectivity index is 1.32. The molecule has 1 aliphatic rings. The van der Waals surface area contributed by atoms with Crippen molar-refractivity contribution in [3.8, 4) is 5.69 Å². The maximum absolute atomic E-state index is 13.7. The number of para-hydroxylation sites is 1. The van der Waals surface area contributed by atoms with Crippen molar-refractivity contribution in [2.45, 2.75) is 31.1 Å². The standard InChI is InChI=1S/C29H25N5O2S/c1-20-9-8-14-23(15-20)34-27-25(17-30-34)28(36)33-24(19-37-29(33)31-27)16-26(35)32(22-12-6-3-7-13-22)18-21-10-4-2-5-11-21/h2-15,17,24H,16,18-19H2,1H3. The maximum Gasteiger partial charge on any atom is 0.265 e. The third-order valence-electron chi connectivity index (χ3n) is 6.58. The fraction of sp³-hybridized carbons (Fsp3) is 0.172. The summed E-state index contributed by atoms with van der Waals surface area (Å²) in [6.45, 7) is 2.48. The molecule has 1 atom stereocenters. The Labute approximate surface area is 218 Å².